The van der Waals surface area contributed by atoms with Crippen LogP contribution in [-0.2, 0) is 6.42 Å². The van der Waals surface area contributed by atoms with E-state index in [1.165, 1.54) is 0 Å². The summed E-state index contributed by atoms with van der Waals surface area (Å²) in [5.74, 6) is 0.991. The predicted octanol–water partition coefficient (Wildman–Crippen LogP) is 1.64. The molecule has 0 saturated heterocycles. The Morgan fingerprint density at radius 2 is 2.27 bits per heavy atom. The summed E-state index contributed by atoms with van der Waals surface area (Å²) < 4.78 is 5.26. The van der Waals surface area contributed by atoms with Crippen molar-refractivity contribution < 1.29 is 9.84 Å². The summed E-state index contributed by atoms with van der Waals surface area (Å²) in [7, 11) is 0. The lowest BCUT2D eigenvalue weighted by atomic mass is 10.1. The van der Waals surface area contributed by atoms with Crippen LogP contribution < -0.4 is 4.74 Å². The first-order chi connectivity index (χ1) is 5.29. The first-order valence-corrected chi connectivity index (χ1v) is 3.73. The van der Waals surface area contributed by atoms with E-state index in [1.54, 1.807) is 0 Å². The lowest BCUT2D eigenvalue weighted by molar-refractivity contribution is 0.334. The molecular weight excluding hydrogens is 140 g/mol. The van der Waals surface area contributed by atoms with E-state index in [2.05, 4.69) is 0 Å². The minimum absolute atomic E-state index is 0.306. The standard InChI is InChI=1S/C9H10O2/c1-6-2-3-7-4-5-11-9(7)8(6)10/h2-3,10H,4-5H2,1H3. The number of phenolic OH excluding ortho intramolecular Hbond substituents is 1. The van der Waals surface area contributed by atoms with Gasteiger partial charge in [-0.15, -0.1) is 0 Å². The lowest BCUT2D eigenvalue weighted by Gasteiger charge is -2.03. The second-order valence-electron chi connectivity index (χ2n) is 2.82. The third kappa shape index (κ3) is 0.862. The molecule has 0 amide bonds. The number of hydrogen-bond acceptors (Lipinski definition) is 2. The van der Waals surface area contributed by atoms with E-state index in [0.717, 1.165) is 17.5 Å². The number of aryl methyl sites for hydroxylation is 1. The predicted molar refractivity (Wildman–Crippen MR) is 42.0 cm³/mol. The first kappa shape index (κ1) is 6.53. The summed E-state index contributed by atoms with van der Waals surface area (Å²) in [6.07, 6.45) is 0.920. The van der Waals surface area contributed by atoms with Gasteiger partial charge in [0.1, 0.15) is 0 Å². The minimum atomic E-state index is 0.306. The number of fused-ring (bicyclic) bond motifs is 1. The number of hydrogen-bond donors (Lipinski definition) is 1. The topological polar surface area (TPSA) is 29.5 Å². The van der Waals surface area contributed by atoms with Crippen molar-refractivity contribution in [2.45, 2.75) is 13.3 Å². The largest absolute Gasteiger partial charge is 0.504 e. The Labute approximate surface area is 65.4 Å². The fourth-order valence-corrected chi connectivity index (χ4v) is 1.33. The van der Waals surface area contributed by atoms with Crippen molar-refractivity contribution in [3.05, 3.63) is 23.3 Å². The average molecular weight is 150 g/mol. The van der Waals surface area contributed by atoms with Crippen LogP contribution in [0.25, 0.3) is 0 Å². The van der Waals surface area contributed by atoms with Gasteiger partial charge in [0.2, 0.25) is 0 Å². The molecular formula is C9H10O2. The zero-order valence-electron chi connectivity index (χ0n) is 6.42. The van der Waals surface area contributed by atoms with Gasteiger partial charge in [-0.3, -0.25) is 0 Å². The van der Waals surface area contributed by atoms with Gasteiger partial charge in [0.15, 0.2) is 11.5 Å². The van der Waals surface area contributed by atoms with Crippen LogP contribution in [-0.4, -0.2) is 11.7 Å². The zero-order valence-corrected chi connectivity index (χ0v) is 6.42. The Hall–Kier alpha value is -1.18. The molecule has 2 rings (SSSR count). The molecule has 0 spiro atoms. The van der Waals surface area contributed by atoms with Crippen LogP contribution in [0.2, 0.25) is 0 Å². The second-order valence-corrected chi connectivity index (χ2v) is 2.82. The highest BCUT2D eigenvalue weighted by Gasteiger charge is 2.16. The molecule has 0 bridgehead atoms. The summed E-state index contributed by atoms with van der Waals surface area (Å²) in [6, 6.07) is 3.93. The van der Waals surface area contributed by atoms with E-state index in [1.807, 2.05) is 19.1 Å². The molecule has 0 atom stereocenters. The SMILES string of the molecule is Cc1ccc2c(c1O)OCC2. The monoisotopic (exact) mass is 150 g/mol. The highest BCUT2D eigenvalue weighted by Crippen LogP contribution is 2.36. The van der Waals surface area contributed by atoms with E-state index >= 15 is 0 Å². The van der Waals surface area contributed by atoms with Crippen LogP contribution in [0.3, 0.4) is 0 Å². The van der Waals surface area contributed by atoms with E-state index in [0.29, 0.717) is 18.1 Å². The van der Waals surface area contributed by atoms with Crippen LogP contribution in [0.1, 0.15) is 11.1 Å². The van der Waals surface area contributed by atoms with Crippen LogP contribution >= 0.6 is 0 Å². The molecule has 0 radical (unpaired) electrons. The maximum absolute atomic E-state index is 9.49. The van der Waals surface area contributed by atoms with Crippen LogP contribution in [0.5, 0.6) is 11.5 Å². The normalized spacial score (nSPS) is 14.3. The van der Waals surface area contributed by atoms with Crippen LogP contribution in [0.15, 0.2) is 12.1 Å². The first-order valence-electron chi connectivity index (χ1n) is 3.73. The van der Waals surface area contributed by atoms with Crippen molar-refractivity contribution in [2.75, 3.05) is 6.61 Å². The Kier molecular flexibility index (Phi) is 1.28. The summed E-state index contributed by atoms with van der Waals surface area (Å²) >= 11 is 0. The number of ether oxygens (including phenoxy) is 1. The molecule has 2 nitrogen and oxygen atoms in total. The Bertz CT molecular complexity index is 292. The molecule has 0 aliphatic carbocycles. The third-order valence-corrected chi connectivity index (χ3v) is 2.03. The quantitative estimate of drug-likeness (QED) is 0.609. The highest BCUT2D eigenvalue weighted by molar-refractivity contribution is 5.52. The molecule has 11 heavy (non-hydrogen) atoms. The molecule has 0 saturated carbocycles. The molecule has 0 fully saturated rings. The number of rotatable bonds is 0. The van der Waals surface area contributed by atoms with Crippen molar-refractivity contribution in [2.24, 2.45) is 0 Å². The van der Waals surface area contributed by atoms with Crippen molar-refractivity contribution in [1.82, 2.24) is 0 Å². The van der Waals surface area contributed by atoms with Gasteiger partial charge in [0.25, 0.3) is 0 Å². The molecule has 1 aromatic rings. The molecule has 1 aliphatic rings. The Morgan fingerprint density at radius 1 is 1.45 bits per heavy atom. The molecule has 1 heterocycles. The summed E-state index contributed by atoms with van der Waals surface area (Å²) in [5.41, 5.74) is 2.00. The van der Waals surface area contributed by atoms with E-state index in [4.69, 9.17) is 4.74 Å². The van der Waals surface area contributed by atoms with E-state index in [-0.39, 0.29) is 0 Å². The minimum Gasteiger partial charge on any atom is -0.504 e. The average Bonchev–Trinajstić information content (AvgIpc) is 2.45. The molecule has 1 aromatic carbocycles. The second kappa shape index (κ2) is 2.16. The smallest absolute Gasteiger partial charge is 0.164 e. The third-order valence-electron chi connectivity index (χ3n) is 2.03. The molecule has 2 heteroatoms. The maximum atomic E-state index is 9.49. The molecule has 1 N–H and O–H groups in total. The van der Waals surface area contributed by atoms with Crippen molar-refractivity contribution in [3.63, 3.8) is 0 Å². The van der Waals surface area contributed by atoms with Gasteiger partial charge in [0.05, 0.1) is 6.61 Å². The van der Waals surface area contributed by atoms with Crippen LogP contribution in [0.4, 0.5) is 0 Å². The van der Waals surface area contributed by atoms with Gasteiger partial charge < -0.3 is 9.84 Å². The van der Waals surface area contributed by atoms with Gasteiger partial charge in [-0.05, 0) is 12.5 Å². The molecule has 0 aromatic heterocycles. The van der Waals surface area contributed by atoms with E-state index in [9.17, 15) is 5.11 Å². The summed E-state index contributed by atoms with van der Waals surface area (Å²) in [6.45, 7) is 2.57. The van der Waals surface area contributed by atoms with Crippen molar-refractivity contribution >= 4 is 0 Å². The summed E-state index contributed by atoms with van der Waals surface area (Å²) in [4.78, 5) is 0. The molecule has 1 aliphatic heterocycles. The summed E-state index contributed by atoms with van der Waals surface area (Å²) in [5, 5.41) is 9.49. The van der Waals surface area contributed by atoms with Gasteiger partial charge in [-0.1, -0.05) is 12.1 Å². The number of phenols is 1. The van der Waals surface area contributed by atoms with E-state index < -0.39 is 0 Å². The van der Waals surface area contributed by atoms with Gasteiger partial charge in [-0.25, -0.2) is 0 Å². The van der Waals surface area contributed by atoms with Gasteiger partial charge in [-0.2, -0.15) is 0 Å². The molecule has 58 valence electrons. The van der Waals surface area contributed by atoms with Crippen molar-refractivity contribution in [1.29, 1.82) is 0 Å². The van der Waals surface area contributed by atoms with Crippen LogP contribution in [0, 0.1) is 6.92 Å². The zero-order chi connectivity index (χ0) is 7.84. The maximum Gasteiger partial charge on any atom is 0.164 e. The Balaban J connectivity index is 2.62. The number of benzene rings is 1. The highest BCUT2D eigenvalue weighted by atomic mass is 16.5. The van der Waals surface area contributed by atoms with Gasteiger partial charge in [0, 0.05) is 12.0 Å². The Morgan fingerprint density at radius 3 is 3.09 bits per heavy atom. The number of aromatic hydroxyl groups is 1. The molecule has 0 unspecified atom stereocenters. The fourth-order valence-electron chi connectivity index (χ4n) is 1.33. The lowest BCUT2D eigenvalue weighted by Crippen LogP contribution is -1.86. The van der Waals surface area contributed by atoms with Gasteiger partial charge >= 0.3 is 0 Å². The van der Waals surface area contributed by atoms with Crippen molar-refractivity contribution in [3.8, 4) is 11.5 Å². The fraction of sp³-hybridized carbons (Fsp3) is 0.333.